The highest BCUT2D eigenvalue weighted by Gasteiger charge is 2.38. The fraction of sp³-hybridized carbons (Fsp3) is 0.200. The first-order valence-electron chi connectivity index (χ1n) is 7.04. The number of hydrogen-bond donors (Lipinski definition) is 0. The zero-order valence-corrected chi connectivity index (χ0v) is 14.4. The summed E-state index contributed by atoms with van der Waals surface area (Å²) in [7, 11) is 0. The fourth-order valence-electron chi connectivity index (χ4n) is 2.26. The molecule has 0 N–H and O–H groups in total. The molecule has 0 fully saturated rings. The lowest BCUT2D eigenvalue weighted by atomic mass is 10.0. The zero-order valence-electron chi connectivity index (χ0n) is 12.9. The molecule has 0 amide bonds. The van der Waals surface area contributed by atoms with E-state index >= 15 is 0 Å². The van der Waals surface area contributed by atoms with Crippen LogP contribution in [0.4, 0.5) is 26.3 Å². The van der Waals surface area contributed by atoms with Crippen LogP contribution >= 0.6 is 22.9 Å². The first-order chi connectivity index (χ1) is 12.5. The summed E-state index contributed by atoms with van der Waals surface area (Å²) in [5.74, 6) is -0.211. The van der Waals surface area contributed by atoms with Crippen LogP contribution in [-0.2, 0) is 6.18 Å². The summed E-state index contributed by atoms with van der Waals surface area (Å²) in [5.41, 5.74) is -3.32. The number of nitrogens with zero attached hydrogens (tertiary/aromatic N) is 2. The van der Waals surface area contributed by atoms with Gasteiger partial charge in [-0.2, -0.15) is 26.3 Å². The normalized spacial score (nSPS) is 12.6. The SMILES string of the molecule is O=c1c(-c2ccc(OCC(F)(F)F)cc2)c(C(F)(F)F)nc2sc(Cl)cn12. The van der Waals surface area contributed by atoms with E-state index in [0.29, 0.717) is 11.3 Å². The first-order valence-corrected chi connectivity index (χ1v) is 8.24. The summed E-state index contributed by atoms with van der Waals surface area (Å²) in [6.07, 6.45) is -8.35. The van der Waals surface area contributed by atoms with Gasteiger partial charge in [-0.05, 0) is 17.7 Å². The van der Waals surface area contributed by atoms with E-state index in [4.69, 9.17) is 11.6 Å². The number of benzene rings is 1. The minimum atomic E-state index is -4.93. The summed E-state index contributed by atoms with van der Waals surface area (Å²) >= 11 is 6.44. The molecule has 0 bridgehead atoms. The maximum absolute atomic E-state index is 13.4. The van der Waals surface area contributed by atoms with Crippen molar-refractivity contribution in [2.45, 2.75) is 12.4 Å². The number of hydrogen-bond acceptors (Lipinski definition) is 4. The first kappa shape index (κ1) is 19.5. The summed E-state index contributed by atoms with van der Waals surface area (Å²) in [4.78, 5) is 15.8. The Bertz CT molecular complexity index is 1040. The molecule has 12 heteroatoms. The molecule has 0 aliphatic carbocycles. The van der Waals surface area contributed by atoms with Crippen molar-refractivity contribution in [3.8, 4) is 16.9 Å². The number of aromatic nitrogens is 2. The van der Waals surface area contributed by atoms with Gasteiger partial charge in [0.1, 0.15) is 10.1 Å². The van der Waals surface area contributed by atoms with Crippen molar-refractivity contribution in [2.24, 2.45) is 0 Å². The molecule has 0 radical (unpaired) electrons. The van der Waals surface area contributed by atoms with Crippen LogP contribution in [0.3, 0.4) is 0 Å². The highest BCUT2D eigenvalue weighted by atomic mass is 35.5. The van der Waals surface area contributed by atoms with E-state index < -0.39 is 35.8 Å². The monoisotopic (exact) mass is 428 g/mol. The van der Waals surface area contributed by atoms with Crippen molar-refractivity contribution in [3.05, 3.63) is 50.8 Å². The molecule has 27 heavy (non-hydrogen) atoms. The number of rotatable bonds is 3. The number of thiazole rings is 1. The average Bonchev–Trinajstić information content (AvgIpc) is 2.93. The summed E-state index contributed by atoms with van der Waals surface area (Å²) < 4.78 is 82.1. The van der Waals surface area contributed by atoms with Crippen LogP contribution in [0.5, 0.6) is 5.75 Å². The second-order valence-electron chi connectivity index (χ2n) is 5.25. The van der Waals surface area contributed by atoms with Crippen LogP contribution in [0.15, 0.2) is 35.3 Å². The lowest BCUT2D eigenvalue weighted by molar-refractivity contribution is -0.153. The van der Waals surface area contributed by atoms with Gasteiger partial charge >= 0.3 is 12.4 Å². The van der Waals surface area contributed by atoms with Crippen molar-refractivity contribution in [1.82, 2.24) is 9.38 Å². The molecular weight excluding hydrogens is 422 g/mol. The topological polar surface area (TPSA) is 43.6 Å². The lowest BCUT2D eigenvalue weighted by Gasteiger charge is -2.13. The third kappa shape index (κ3) is 4.19. The fourth-order valence-corrected chi connectivity index (χ4v) is 3.27. The molecule has 0 saturated heterocycles. The van der Waals surface area contributed by atoms with Crippen LogP contribution in [0.1, 0.15) is 5.69 Å². The molecule has 0 atom stereocenters. The van der Waals surface area contributed by atoms with Crippen LogP contribution in [0.25, 0.3) is 16.1 Å². The molecule has 3 rings (SSSR count). The van der Waals surface area contributed by atoms with Crippen LogP contribution in [-0.4, -0.2) is 22.2 Å². The van der Waals surface area contributed by atoms with Crippen molar-refractivity contribution in [1.29, 1.82) is 0 Å². The lowest BCUT2D eigenvalue weighted by Crippen LogP contribution is -2.22. The quantitative estimate of drug-likeness (QED) is 0.549. The Morgan fingerprint density at radius 1 is 1.11 bits per heavy atom. The van der Waals surface area contributed by atoms with Crippen LogP contribution in [0.2, 0.25) is 4.34 Å². The van der Waals surface area contributed by atoms with Gasteiger partial charge in [0.15, 0.2) is 17.3 Å². The van der Waals surface area contributed by atoms with Crippen molar-refractivity contribution < 1.29 is 31.1 Å². The average molecular weight is 429 g/mol. The second kappa shape index (κ2) is 6.71. The third-order valence-corrected chi connectivity index (χ3v) is 4.42. The van der Waals surface area contributed by atoms with Crippen molar-refractivity contribution in [3.63, 3.8) is 0 Å². The van der Waals surface area contributed by atoms with Gasteiger partial charge in [-0.1, -0.05) is 35.1 Å². The number of alkyl halides is 6. The van der Waals surface area contributed by atoms with E-state index in [1.54, 1.807) is 0 Å². The highest BCUT2D eigenvalue weighted by molar-refractivity contribution is 7.20. The maximum atomic E-state index is 13.4. The van der Waals surface area contributed by atoms with Gasteiger partial charge in [-0.3, -0.25) is 9.20 Å². The Kier molecular flexibility index (Phi) is 4.85. The molecular formula is C15H7ClF6N2O2S. The Hall–Kier alpha value is -2.27. The zero-order chi connectivity index (χ0) is 20.0. The summed E-state index contributed by atoms with van der Waals surface area (Å²) in [5, 5.41) is 0. The van der Waals surface area contributed by atoms with Gasteiger partial charge in [-0.15, -0.1) is 0 Å². The minimum Gasteiger partial charge on any atom is -0.484 e. The molecule has 0 aliphatic rings. The van der Waals surface area contributed by atoms with E-state index in [-0.39, 0.29) is 20.6 Å². The van der Waals surface area contributed by atoms with Gasteiger partial charge in [0.25, 0.3) is 5.56 Å². The van der Waals surface area contributed by atoms with Gasteiger partial charge in [0.05, 0.1) is 5.56 Å². The number of fused-ring (bicyclic) bond motifs is 1. The van der Waals surface area contributed by atoms with Crippen molar-refractivity contribution in [2.75, 3.05) is 6.61 Å². The molecule has 2 heterocycles. The van der Waals surface area contributed by atoms with Crippen LogP contribution < -0.4 is 10.3 Å². The Morgan fingerprint density at radius 3 is 2.30 bits per heavy atom. The molecule has 0 spiro atoms. The molecule has 2 aromatic heterocycles. The molecule has 0 unspecified atom stereocenters. The summed E-state index contributed by atoms with van der Waals surface area (Å²) in [6, 6.07) is 4.19. The predicted molar refractivity (Wildman–Crippen MR) is 86.3 cm³/mol. The minimum absolute atomic E-state index is 0.0702. The molecule has 1 aromatic carbocycles. The highest BCUT2D eigenvalue weighted by Crippen LogP contribution is 2.36. The molecule has 0 saturated carbocycles. The largest absolute Gasteiger partial charge is 0.484 e. The van der Waals surface area contributed by atoms with E-state index in [1.807, 2.05) is 0 Å². The second-order valence-corrected chi connectivity index (χ2v) is 6.89. The standard InChI is InChI=1S/C15H7ClF6N2O2S/c16-9-5-24-12(25)10(11(15(20,21)22)23-13(24)27-9)7-1-3-8(4-2-7)26-6-14(17,18)19/h1-5H,6H2. The van der Waals surface area contributed by atoms with E-state index in [9.17, 15) is 31.1 Å². The summed E-state index contributed by atoms with van der Waals surface area (Å²) in [6.45, 7) is -1.55. The van der Waals surface area contributed by atoms with Crippen LogP contribution in [0, 0.1) is 0 Å². The molecule has 144 valence electrons. The molecule has 3 aromatic rings. The third-order valence-electron chi connectivity index (χ3n) is 3.32. The van der Waals surface area contributed by atoms with Gasteiger partial charge in [-0.25, -0.2) is 4.98 Å². The van der Waals surface area contributed by atoms with Crippen molar-refractivity contribution >= 4 is 27.9 Å². The number of halogens is 7. The molecule has 4 nitrogen and oxygen atoms in total. The van der Waals surface area contributed by atoms with Gasteiger partial charge in [0, 0.05) is 6.20 Å². The Labute approximate surface area is 155 Å². The van der Waals surface area contributed by atoms with E-state index in [1.165, 1.54) is 0 Å². The predicted octanol–water partition coefficient (Wildman–Crippen LogP) is 5.04. The van der Waals surface area contributed by atoms with Gasteiger partial charge in [0.2, 0.25) is 0 Å². The number of ether oxygens (including phenoxy) is 1. The smallest absolute Gasteiger partial charge is 0.434 e. The van der Waals surface area contributed by atoms with E-state index in [2.05, 4.69) is 9.72 Å². The van der Waals surface area contributed by atoms with Gasteiger partial charge < -0.3 is 4.74 Å². The Balaban J connectivity index is 2.10. The van der Waals surface area contributed by atoms with E-state index in [0.717, 1.165) is 34.9 Å². The Morgan fingerprint density at radius 2 is 1.74 bits per heavy atom. The maximum Gasteiger partial charge on any atom is 0.434 e. The molecule has 0 aliphatic heterocycles.